The Bertz CT molecular complexity index is 518. The molecule has 0 bridgehead atoms. The zero-order chi connectivity index (χ0) is 13.5. The molecule has 0 aliphatic heterocycles. The van der Waals surface area contributed by atoms with Gasteiger partial charge in [-0.1, -0.05) is 36.4 Å². The number of H-pyrrole nitrogens is 1. The lowest BCUT2D eigenvalue weighted by Crippen LogP contribution is -2.13. The van der Waals surface area contributed by atoms with Crippen molar-refractivity contribution in [2.45, 2.75) is 31.3 Å². The molecule has 0 saturated carbocycles. The van der Waals surface area contributed by atoms with E-state index in [2.05, 4.69) is 37.6 Å². The number of halogens is 1. The van der Waals surface area contributed by atoms with E-state index in [1.807, 2.05) is 0 Å². The Morgan fingerprint density at radius 2 is 2.35 bits per heavy atom. The van der Waals surface area contributed by atoms with Crippen LogP contribution in [0.5, 0.6) is 0 Å². The monoisotopic (exact) mass is 334 g/mol. The summed E-state index contributed by atoms with van der Waals surface area (Å²) in [6.07, 6.45) is 4.53. The molecular weight excluding hydrogens is 320 g/mol. The molecule has 2 heterocycles. The van der Waals surface area contributed by atoms with Crippen LogP contribution in [0.4, 0.5) is 5.13 Å². The Labute approximate surface area is 130 Å². The van der Waals surface area contributed by atoms with Gasteiger partial charge in [-0.2, -0.15) is 5.10 Å². The van der Waals surface area contributed by atoms with E-state index >= 15 is 0 Å². The second kappa shape index (κ2) is 8.88. The summed E-state index contributed by atoms with van der Waals surface area (Å²) in [7, 11) is 0. The van der Waals surface area contributed by atoms with Gasteiger partial charge >= 0.3 is 0 Å². The van der Waals surface area contributed by atoms with Gasteiger partial charge in [-0.05, 0) is 6.42 Å². The Balaban J connectivity index is 0.00000200. The van der Waals surface area contributed by atoms with E-state index in [-0.39, 0.29) is 24.1 Å². The van der Waals surface area contributed by atoms with Gasteiger partial charge in [-0.25, -0.2) is 4.98 Å². The minimum absolute atomic E-state index is 0. The van der Waals surface area contributed by atoms with Crippen LogP contribution in [0.3, 0.4) is 0 Å². The van der Waals surface area contributed by atoms with Crippen molar-refractivity contribution in [3.63, 3.8) is 0 Å². The molecule has 2 rings (SSSR count). The van der Waals surface area contributed by atoms with Crippen molar-refractivity contribution in [1.29, 1.82) is 0 Å². The Morgan fingerprint density at radius 1 is 1.50 bits per heavy atom. The summed E-state index contributed by atoms with van der Waals surface area (Å²) >= 11 is 2.72. The van der Waals surface area contributed by atoms with Crippen LogP contribution in [0.2, 0.25) is 0 Å². The Morgan fingerprint density at radius 3 is 3.05 bits per heavy atom. The van der Waals surface area contributed by atoms with Crippen molar-refractivity contribution in [1.82, 2.24) is 25.4 Å². The molecule has 2 aromatic rings. The lowest BCUT2D eigenvalue weighted by atomic mass is 10.3. The number of aromatic amines is 1. The molecule has 10 heteroatoms. The number of hydrogen-bond acceptors (Lipinski definition) is 7. The Kier molecular flexibility index (Phi) is 7.48. The van der Waals surface area contributed by atoms with Crippen LogP contribution in [0, 0.1) is 0 Å². The predicted octanol–water partition coefficient (Wildman–Crippen LogP) is 2.15. The van der Waals surface area contributed by atoms with E-state index in [1.165, 1.54) is 29.4 Å². The highest BCUT2D eigenvalue weighted by atomic mass is 35.5. The fraction of sp³-hybridized carbons (Fsp3) is 0.500. The van der Waals surface area contributed by atoms with Crippen LogP contribution >= 0.6 is 35.5 Å². The van der Waals surface area contributed by atoms with Crippen LogP contribution < -0.4 is 5.32 Å². The van der Waals surface area contributed by atoms with Crippen LogP contribution in [-0.4, -0.2) is 37.0 Å². The molecular formula is C10H15ClN6OS2. The minimum atomic E-state index is -0.125. The molecule has 110 valence electrons. The second-order valence-electron chi connectivity index (χ2n) is 3.73. The van der Waals surface area contributed by atoms with Gasteiger partial charge in [0.1, 0.15) is 11.3 Å². The summed E-state index contributed by atoms with van der Waals surface area (Å²) < 4.78 is 0. The number of carbonyl (C=O) groups excluding carboxylic acids is 1. The molecule has 20 heavy (non-hydrogen) atoms. The summed E-state index contributed by atoms with van der Waals surface area (Å²) in [6.45, 7) is 2.13. The van der Waals surface area contributed by atoms with E-state index in [1.54, 1.807) is 0 Å². The number of thioether (sulfide) groups is 1. The third kappa shape index (κ3) is 5.43. The predicted molar refractivity (Wildman–Crippen MR) is 81.5 cm³/mol. The molecule has 0 radical (unpaired) electrons. The molecule has 0 fully saturated rings. The first kappa shape index (κ1) is 16.9. The van der Waals surface area contributed by atoms with Crippen LogP contribution in [0.1, 0.15) is 24.8 Å². The molecule has 7 nitrogen and oxygen atoms in total. The first-order chi connectivity index (χ1) is 9.28. The third-order valence-electron chi connectivity index (χ3n) is 2.19. The summed E-state index contributed by atoms with van der Waals surface area (Å²) in [4.78, 5) is 15.6. The van der Waals surface area contributed by atoms with Gasteiger partial charge in [0, 0.05) is 6.42 Å². The van der Waals surface area contributed by atoms with Crippen molar-refractivity contribution in [2.24, 2.45) is 0 Å². The maximum atomic E-state index is 11.7. The number of amides is 1. The van der Waals surface area contributed by atoms with Crippen molar-refractivity contribution < 1.29 is 4.79 Å². The number of nitrogens with zero attached hydrogens (tertiary/aromatic N) is 4. The topological polar surface area (TPSA) is 96.5 Å². The quantitative estimate of drug-likeness (QED) is 0.753. The van der Waals surface area contributed by atoms with E-state index in [9.17, 15) is 4.79 Å². The van der Waals surface area contributed by atoms with E-state index < -0.39 is 0 Å². The van der Waals surface area contributed by atoms with Crippen molar-refractivity contribution >= 4 is 46.5 Å². The number of nitrogens with one attached hydrogen (secondary N) is 2. The van der Waals surface area contributed by atoms with E-state index in [0.29, 0.717) is 10.3 Å². The molecule has 0 saturated heterocycles. The summed E-state index contributed by atoms with van der Waals surface area (Å²) in [5, 5.41) is 19.2. The molecule has 0 atom stereocenters. The summed E-state index contributed by atoms with van der Waals surface area (Å²) in [5.41, 5.74) is 0. The number of anilines is 1. The Hall–Kier alpha value is -1.19. The van der Waals surface area contributed by atoms with Gasteiger partial charge in [0.2, 0.25) is 11.0 Å². The standard InChI is InChI=1S/C10H14N6OS2.ClH/c1-2-3-4-8-14-16-10(19-8)13-7(17)5-18-9-11-6-12-15-9;/h6H,2-5H2,1H3,(H,11,12,15)(H,13,16,17);1H. The van der Waals surface area contributed by atoms with Crippen LogP contribution in [0.25, 0.3) is 0 Å². The zero-order valence-electron chi connectivity index (χ0n) is 10.8. The van der Waals surface area contributed by atoms with Gasteiger partial charge in [0.25, 0.3) is 0 Å². The van der Waals surface area contributed by atoms with E-state index in [4.69, 9.17) is 0 Å². The van der Waals surface area contributed by atoms with E-state index in [0.717, 1.165) is 24.3 Å². The number of carbonyl (C=O) groups is 1. The summed E-state index contributed by atoms with van der Waals surface area (Å²) in [5.74, 6) is 0.138. The highest BCUT2D eigenvalue weighted by Crippen LogP contribution is 2.18. The molecule has 0 unspecified atom stereocenters. The highest BCUT2D eigenvalue weighted by molar-refractivity contribution is 7.99. The number of aromatic nitrogens is 5. The maximum Gasteiger partial charge on any atom is 0.236 e. The molecule has 0 aliphatic rings. The molecule has 0 spiro atoms. The minimum Gasteiger partial charge on any atom is -0.300 e. The lowest BCUT2D eigenvalue weighted by molar-refractivity contribution is -0.113. The maximum absolute atomic E-state index is 11.7. The molecule has 0 aromatic carbocycles. The number of hydrogen-bond donors (Lipinski definition) is 2. The zero-order valence-corrected chi connectivity index (χ0v) is 13.3. The van der Waals surface area contributed by atoms with Gasteiger partial charge in [0.05, 0.1) is 5.75 Å². The van der Waals surface area contributed by atoms with Gasteiger partial charge < -0.3 is 0 Å². The van der Waals surface area contributed by atoms with Gasteiger partial charge in [0.15, 0.2) is 5.16 Å². The average Bonchev–Trinajstić information content (AvgIpc) is 3.05. The molecule has 2 N–H and O–H groups in total. The first-order valence-electron chi connectivity index (χ1n) is 5.88. The fourth-order valence-electron chi connectivity index (χ4n) is 1.29. The first-order valence-corrected chi connectivity index (χ1v) is 7.68. The average molecular weight is 335 g/mol. The molecule has 1 amide bonds. The molecule has 0 aliphatic carbocycles. The summed E-state index contributed by atoms with van der Waals surface area (Å²) in [6, 6.07) is 0. The second-order valence-corrected chi connectivity index (χ2v) is 5.76. The van der Waals surface area contributed by atoms with Gasteiger partial charge in [-0.15, -0.1) is 22.6 Å². The molecule has 2 aromatic heterocycles. The number of unbranched alkanes of at least 4 members (excludes halogenated alkanes) is 1. The SMILES string of the molecule is CCCCc1nnc(NC(=O)CSc2ncn[nH]2)s1.Cl. The van der Waals surface area contributed by atoms with Crippen LogP contribution in [-0.2, 0) is 11.2 Å². The fourth-order valence-corrected chi connectivity index (χ4v) is 2.66. The highest BCUT2D eigenvalue weighted by Gasteiger charge is 2.09. The number of aryl methyl sites for hydroxylation is 1. The number of rotatable bonds is 7. The largest absolute Gasteiger partial charge is 0.300 e. The van der Waals surface area contributed by atoms with Crippen molar-refractivity contribution in [3.05, 3.63) is 11.3 Å². The normalized spacial score (nSPS) is 10.1. The van der Waals surface area contributed by atoms with Crippen molar-refractivity contribution in [2.75, 3.05) is 11.1 Å². The van der Waals surface area contributed by atoms with Gasteiger partial charge in [-0.3, -0.25) is 15.2 Å². The third-order valence-corrected chi connectivity index (χ3v) is 3.97. The van der Waals surface area contributed by atoms with Crippen molar-refractivity contribution in [3.8, 4) is 0 Å². The smallest absolute Gasteiger partial charge is 0.236 e. The lowest BCUT2D eigenvalue weighted by Gasteiger charge is -1.98. The van der Waals surface area contributed by atoms with Crippen LogP contribution in [0.15, 0.2) is 11.5 Å².